The third-order valence-electron chi connectivity index (χ3n) is 4.08. The maximum atomic E-state index is 5.45. The van der Waals surface area contributed by atoms with Gasteiger partial charge in [-0.15, -0.1) is 0 Å². The Morgan fingerprint density at radius 3 is 2.84 bits per heavy atom. The SMILES string of the molecule is CC(NC(C)C1CCOC1)c1ccc2c(c1)OCO2. The molecule has 19 heavy (non-hydrogen) atoms. The molecule has 3 unspecified atom stereocenters. The molecule has 0 radical (unpaired) electrons. The molecule has 1 aromatic rings. The van der Waals surface area contributed by atoms with E-state index in [1.54, 1.807) is 0 Å². The fourth-order valence-electron chi connectivity index (χ4n) is 2.76. The standard InChI is InChI=1S/C15H21NO3/c1-10(16-11(2)13-5-6-17-8-13)12-3-4-14-15(7-12)19-9-18-14/h3-4,7,10-11,13,16H,5-6,8-9H2,1-2H3. The maximum absolute atomic E-state index is 5.45. The van der Waals surface area contributed by atoms with Crippen molar-refractivity contribution in [3.05, 3.63) is 23.8 Å². The number of hydrogen-bond acceptors (Lipinski definition) is 4. The van der Waals surface area contributed by atoms with Gasteiger partial charge in [-0.25, -0.2) is 0 Å². The lowest BCUT2D eigenvalue weighted by Gasteiger charge is -2.24. The van der Waals surface area contributed by atoms with Crippen LogP contribution in [0.3, 0.4) is 0 Å². The van der Waals surface area contributed by atoms with Crippen LogP contribution >= 0.6 is 0 Å². The van der Waals surface area contributed by atoms with Gasteiger partial charge in [-0.05, 0) is 43.9 Å². The van der Waals surface area contributed by atoms with Gasteiger partial charge in [-0.2, -0.15) is 0 Å². The average Bonchev–Trinajstić information content (AvgIpc) is 3.09. The summed E-state index contributed by atoms with van der Waals surface area (Å²) in [6.45, 7) is 6.53. The largest absolute Gasteiger partial charge is 0.454 e. The maximum Gasteiger partial charge on any atom is 0.231 e. The van der Waals surface area contributed by atoms with E-state index in [9.17, 15) is 0 Å². The van der Waals surface area contributed by atoms with Crippen molar-refractivity contribution in [2.45, 2.75) is 32.4 Å². The van der Waals surface area contributed by atoms with E-state index in [2.05, 4.69) is 31.3 Å². The van der Waals surface area contributed by atoms with Crippen molar-refractivity contribution in [3.8, 4) is 11.5 Å². The van der Waals surface area contributed by atoms with Crippen LogP contribution < -0.4 is 14.8 Å². The van der Waals surface area contributed by atoms with Crippen LogP contribution in [0.5, 0.6) is 11.5 Å². The zero-order chi connectivity index (χ0) is 13.2. The highest BCUT2D eigenvalue weighted by atomic mass is 16.7. The van der Waals surface area contributed by atoms with Crippen LogP contribution in [0.1, 0.15) is 31.9 Å². The van der Waals surface area contributed by atoms with Gasteiger partial charge in [-0.3, -0.25) is 0 Å². The second-order valence-electron chi connectivity index (χ2n) is 5.41. The number of fused-ring (bicyclic) bond motifs is 1. The summed E-state index contributed by atoms with van der Waals surface area (Å²) < 4.78 is 16.2. The Balaban J connectivity index is 1.64. The van der Waals surface area contributed by atoms with Gasteiger partial charge >= 0.3 is 0 Å². The van der Waals surface area contributed by atoms with Gasteiger partial charge in [0, 0.05) is 18.7 Å². The first-order valence-electron chi connectivity index (χ1n) is 6.97. The van der Waals surface area contributed by atoms with Gasteiger partial charge in [0.1, 0.15) is 0 Å². The first-order valence-corrected chi connectivity index (χ1v) is 6.97. The average molecular weight is 263 g/mol. The molecular weight excluding hydrogens is 242 g/mol. The van der Waals surface area contributed by atoms with Crippen molar-refractivity contribution >= 4 is 0 Å². The number of benzene rings is 1. The van der Waals surface area contributed by atoms with E-state index in [0.29, 0.717) is 24.8 Å². The summed E-state index contributed by atoms with van der Waals surface area (Å²) in [4.78, 5) is 0. The summed E-state index contributed by atoms with van der Waals surface area (Å²) in [6, 6.07) is 6.91. The fourth-order valence-corrected chi connectivity index (χ4v) is 2.76. The van der Waals surface area contributed by atoms with Crippen molar-refractivity contribution in [2.24, 2.45) is 5.92 Å². The lowest BCUT2D eigenvalue weighted by atomic mass is 9.98. The molecule has 3 rings (SSSR count). The summed E-state index contributed by atoms with van der Waals surface area (Å²) in [5.74, 6) is 2.31. The number of hydrogen-bond donors (Lipinski definition) is 1. The normalized spacial score (nSPS) is 24.4. The smallest absolute Gasteiger partial charge is 0.231 e. The summed E-state index contributed by atoms with van der Waals surface area (Å²) in [5.41, 5.74) is 1.23. The Hall–Kier alpha value is -1.26. The first-order chi connectivity index (χ1) is 9.24. The van der Waals surface area contributed by atoms with Gasteiger partial charge in [-0.1, -0.05) is 6.07 Å². The van der Waals surface area contributed by atoms with E-state index >= 15 is 0 Å². The van der Waals surface area contributed by atoms with Crippen LogP contribution in [0.4, 0.5) is 0 Å². The molecular formula is C15H21NO3. The Morgan fingerprint density at radius 1 is 1.21 bits per heavy atom. The molecule has 1 saturated heterocycles. The van der Waals surface area contributed by atoms with Gasteiger partial charge in [0.15, 0.2) is 11.5 Å². The Labute approximate surface area is 114 Å². The van der Waals surface area contributed by atoms with Crippen LogP contribution in [0.15, 0.2) is 18.2 Å². The summed E-state index contributed by atoms with van der Waals surface area (Å²) in [7, 11) is 0. The number of nitrogens with one attached hydrogen (secondary N) is 1. The minimum atomic E-state index is 0.296. The second kappa shape index (κ2) is 5.39. The minimum Gasteiger partial charge on any atom is -0.454 e. The molecule has 0 bridgehead atoms. The molecule has 3 atom stereocenters. The van der Waals surface area contributed by atoms with Crippen molar-refractivity contribution < 1.29 is 14.2 Å². The highest BCUT2D eigenvalue weighted by Crippen LogP contribution is 2.34. The molecule has 1 aromatic carbocycles. The molecule has 2 heterocycles. The number of rotatable bonds is 4. The van der Waals surface area contributed by atoms with E-state index in [-0.39, 0.29) is 0 Å². The lowest BCUT2D eigenvalue weighted by Crippen LogP contribution is -2.35. The first kappa shape index (κ1) is 12.8. The molecule has 4 nitrogen and oxygen atoms in total. The van der Waals surface area contributed by atoms with Gasteiger partial charge in [0.2, 0.25) is 6.79 Å². The Morgan fingerprint density at radius 2 is 2.05 bits per heavy atom. The minimum absolute atomic E-state index is 0.296. The number of ether oxygens (including phenoxy) is 3. The highest BCUT2D eigenvalue weighted by Gasteiger charge is 2.24. The van der Waals surface area contributed by atoms with Gasteiger partial charge in [0.05, 0.1) is 6.61 Å². The van der Waals surface area contributed by atoms with Crippen LogP contribution in [0, 0.1) is 5.92 Å². The van der Waals surface area contributed by atoms with E-state index in [4.69, 9.17) is 14.2 Å². The van der Waals surface area contributed by atoms with E-state index in [0.717, 1.165) is 31.1 Å². The Bertz CT molecular complexity index is 443. The molecule has 4 heteroatoms. The molecule has 1 N–H and O–H groups in total. The van der Waals surface area contributed by atoms with Crippen LogP contribution in [0.2, 0.25) is 0 Å². The van der Waals surface area contributed by atoms with Gasteiger partial charge in [0.25, 0.3) is 0 Å². The summed E-state index contributed by atoms with van der Waals surface area (Å²) >= 11 is 0. The monoisotopic (exact) mass is 263 g/mol. The van der Waals surface area contributed by atoms with Crippen LogP contribution in [-0.4, -0.2) is 26.0 Å². The molecule has 0 aromatic heterocycles. The zero-order valence-electron chi connectivity index (χ0n) is 11.5. The quantitative estimate of drug-likeness (QED) is 0.906. The molecule has 0 amide bonds. The van der Waals surface area contributed by atoms with Crippen molar-refractivity contribution in [1.29, 1.82) is 0 Å². The second-order valence-corrected chi connectivity index (χ2v) is 5.41. The predicted octanol–water partition coefficient (Wildman–Crippen LogP) is 2.49. The molecule has 0 aliphatic carbocycles. The summed E-state index contributed by atoms with van der Waals surface area (Å²) in [6.07, 6.45) is 1.15. The summed E-state index contributed by atoms with van der Waals surface area (Å²) in [5, 5.41) is 3.65. The van der Waals surface area contributed by atoms with Gasteiger partial charge < -0.3 is 19.5 Å². The van der Waals surface area contributed by atoms with E-state index in [1.807, 2.05) is 6.07 Å². The van der Waals surface area contributed by atoms with E-state index in [1.165, 1.54) is 5.56 Å². The molecule has 2 aliphatic heterocycles. The van der Waals surface area contributed by atoms with Crippen LogP contribution in [-0.2, 0) is 4.74 Å². The molecule has 0 saturated carbocycles. The molecule has 104 valence electrons. The van der Waals surface area contributed by atoms with Crippen molar-refractivity contribution in [3.63, 3.8) is 0 Å². The molecule has 2 aliphatic rings. The van der Waals surface area contributed by atoms with Crippen LogP contribution in [0.25, 0.3) is 0 Å². The van der Waals surface area contributed by atoms with Crippen molar-refractivity contribution in [1.82, 2.24) is 5.32 Å². The third-order valence-corrected chi connectivity index (χ3v) is 4.08. The highest BCUT2D eigenvalue weighted by molar-refractivity contribution is 5.45. The molecule has 0 spiro atoms. The molecule has 1 fully saturated rings. The third kappa shape index (κ3) is 2.69. The topological polar surface area (TPSA) is 39.7 Å². The Kier molecular flexibility index (Phi) is 3.62. The fraction of sp³-hybridized carbons (Fsp3) is 0.600. The van der Waals surface area contributed by atoms with E-state index < -0.39 is 0 Å². The van der Waals surface area contributed by atoms with Crippen molar-refractivity contribution in [2.75, 3.05) is 20.0 Å². The zero-order valence-corrected chi connectivity index (χ0v) is 11.5. The lowest BCUT2D eigenvalue weighted by molar-refractivity contribution is 0.173. The predicted molar refractivity (Wildman–Crippen MR) is 72.5 cm³/mol.